The van der Waals surface area contributed by atoms with Crippen molar-refractivity contribution in [1.82, 2.24) is 5.32 Å². The quantitative estimate of drug-likeness (QED) is 0.538. The second kappa shape index (κ2) is 7.91. The van der Waals surface area contributed by atoms with Crippen LogP contribution in [0.4, 0.5) is 10.5 Å². The normalized spacial score (nSPS) is 9.83. The summed E-state index contributed by atoms with van der Waals surface area (Å²) in [4.78, 5) is 21.8. The number of para-hydroxylation sites is 1. The number of carboxylic acid groups (broad SMARTS) is 1. The van der Waals surface area contributed by atoms with Gasteiger partial charge in [0, 0.05) is 16.5 Å². The molecule has 0 saturated heterocycles. The van der Waals surface area contributed by atoms with Gasteiger partial charge >= 0.3 is 12.0 Å². The average Bonchev–Trinajstić information content (AvgIpc) is 2.31. The second-order valence-corrected chi connectivity index (χ2v) is 4.87. The number of benzene rings is 1. The summed E-state index contributed by atoms with van der Waals surface area (Å²) in [6.07, 6.45) is 1.37. The van der Waals surface area contributed by atoms with E-state index in [1.807, 2.05) is 24.3 Å². The molecule has 0 aliphatic carbocycles. The molecule has 1 rings (SSSR count). The van der Waals surface area contributed by atoms with Crippen LogP contribution in [0, 0.1) is 3.57 Å². The summed E-state index contributed by atoms with van der Waals surface area (Å²) in [6, 6.07) is 7.21. The first-order valence-corrected chi connectivity index (χ1v) is 6.68. The topological polar surface area (TPSA) is 78.4 Å². The monoisotopic (exact) mass is 362 g/mol. The van der Waals surface area contributed by atoms with Crippen LogP contribution in [0.1, 0.15) is 19.3 Å². The van der Waals surface area contributed by atoms with E-state index in [2.05, 4.69) is 33.2 Å². The minimum Gasteiger partial charge on any atom is -0.481 e. The molecule has 0 aliphatic rings. The van der Waals surface area contributed by atoms with Crippen molar-refractivity contribution >= 4 is 40.3 Å². The number of hydrogen-bond acceptors (Lipinski definition) is 2. The Morgan fingerprint density at radius 1 is 1.22 bits per heavy atom. The lowest BCUT2D eigenvalue weighted by atomic mass is 10.2. The third-order valence-corrected chi connectivity index (χ3v) is 3.17. The Bertz CT molecular complexity index is 424. The number of carbonyl (C=O) groups excluding carboxylic acids is 1. The number of rotatable bonds is 6. The van der Waals surface area contributed by atoms with Gasteiger partial charge in [-0.25, -0.2) is 4.79 Å². The van der Waals surface area contributed by atoms with Crippen molar-refractivity contribution in [3.8, 4) is 0 Å². The maximum atomic E-state index is 11.5. The Kier molecular flexibility index (Phi) is 6.48. The fourth-order valence-corrected chi connectivity index (χ4v) is 1.85. The highest BCUT2D eigenvalue weighted by atomic mass is 127. The first kappa shape index (κ1) is 14.7. The van der Waals surface area contributed by atoms with Crippen LogP contribution in [0.15, 0.2) is 24.3 Å². The van der Waals surface area contributed by atoms with E-state index in [0.717, 1.165) is 9.26 Å². The van der Waals surface area contributed by atoms with E-state index in [0.29, 0.717) is 19.4 Å². The summed E-state index contributed by atoms with van der Waals surface area (Å²) in [7, 11) is 0. The van der Waals surface area contributed by atoms with Gasteiger partial charge in [-0.3, -0.25) is 4.79 Å². The van der Waals surface area contributed by atoms with Gasteiger partial charge in [0.05, 0.1) is 5.69 Å². The molecule has 0 atom stereocenters. The predicted molar refractivity (Wildman–Crippen MR) is 77.7 cm³/mol. The molecule has 0 saturated carbocycles. The minimum absolute atomic E-state index is 0.139. The molecule has 0 spiro atoms. The Labute approximate surface area is 119 Å². The van der Waals surface area contributed by atoms with Crippen LogP contribution in [0.5, 0.6) is 0 Å². The molecule has 18 heavy (non-hydrogen) atoms. The van der Waals surface area contributed by atoms with Gasteiger partial charge in [-0.15, -0.1) is 0 Å². The fraction of sp³-hybridized carbons (Fsp3) is 0.333. The molecule has 0 aliphatic heterocycles. The molecular formula is C12H15IN2O3. The lowest BCUT2D eigenvalue weighted by Crippen LogP contribution is -2.29. The first-order chi connectivity index (χ1) is 8.59. The van der Waals surface area contributed by atoms with Gasteiger partial charge in [0.1, 0.15) is 0 Å². The number of unbranched alkanes of at least 4 members (excludes halogenated alkanes) is 1. The van der Waals surface area contributed by atoms with Crippen LogP contribution >= 0.6 is 22.6 Å². The lowest BCUT2D eigenvalue weighted by Gasteiger charge is -2.08. The van der Waals surface area contributed by atoms with Crippen molar-refractivity contribution in [1.29, 1.82) is 0 Å². The van der Waals surface area contributed by atoms with E-state index in [1.54, 1.807) is 0 Å². The number of aliphatic carboxylic acids is 1. The molecule has 1 aromatic rings. The van der Waals surface area contributed by atoms with Gasteiger partial charge in [0.15, 0.2) is 0 Å². The zero-order valence-electron chi connectivity index (χ0n) is 9.78. The number of carboxylic acids is 1. The van der Waals surface area contributed by atoms with Crippen molar-refractivity contribution in [3.63, 3.8) is 0 Å². The number of amides is 2. The molecule has 3 N–H and O–H groups in total. The zero-order chi connectivity index (χ0) is 13.4. The second-order valence-electron chi connectivity index (χ2n) is 3.71. The Morgan fingerprint density at radius 3 is 2.61 bits per heavy atom. The third kappa shape index (κ3) is 5.85. The number of urea groups is 1. The molecule has 0 bridgehead atoms. The van der Waals surface area contributed by atoms with Crippen LogP contribution in [-0.4, -0.2) is 23.7 Å². The molecule has 0 unspecified atom stereocenters. The van der Waals surface area contributed by atoms with E-state index in [4.69, 9.17) is 5.11 Å². The zero-order valence-corrected chi connectivity index (χ0v) is 11.9. The summed E-state index contributed by atoms with van der Waals surface area (Å²) in [6.45, 7) is 0.475. The van der Waals surface area contributed by atoms with Gasteiger partial charge in [-0.1, -0.05) is 12.1 Å². The van der Waals surface area contributed by atoms with Crippen molar-refractivity contribution in [2.24, 2.45) is 0 Å². The fourth-order valence-electron chi connectivity index (χ4n) is 1.33. The highest BCUT2D eigenvalue weighted by molar-refractivity contribution is 14.1. The molecule has 0 fully saturated rings. The third-order valence-electron chi connectivity index (χ3n) is 2.23. The van der Waals surface area contributed by atoms with Gasteiger partial charge in [0.2, 0.25) is 0 Å². The van der Waals surface area contributed by atoms with Gasteiger partial charge in [-0.2, -0.15) is 0 Å². The smallest absolute Gasteiger partial charge is 0.319 e. The van der Waals surface area contributed by atoms with Crippen LogP contribution in [-0.2, 0) is 4.79 Å². The van der Waals surface area contributed by atoms with Crippen molar-refractivity contribution in [2.75, 3.05) is 11.9 Å². The summed E-state index contributed by atoms with van der Waals surface area (Å²) in [5.41, 5.74) is 0.765. The Morgan fingerprint density at radius 2 is 1.94 bits per heavy atom. The van der Waals surface area contributed by atoms with Gasteiger partial charge < -0.3 is 15.7 Å². The number of anilines is 1. The molecule has 0 heterocycles. The highest BCUT2D eigenvalue weighted by Crippen LogP contribution is 2.16. The van der Waals surface area contributed by atoms with Crippen molar-refractivity contribution in [2.45, 2.75) is 19.3 Å². The maximum absolute atomic E-state index is 11.5. The lowest BCUT2D eigenvalue weighted by molar-refractivity contribution is -0.137. The van der Waals surface area contributed by atoms with Crippen molar-refractivity contribution in [3.05, 3.63) is 27.8 Å². The molecule has 5 nitrogen and oxygen atoms in total. The maximum Gasteiger partial charge on any atom is 0.319 e. The van der Waals surface area contributed by atoms with E-state index < -0.39 is 5.97 Å². The van der Waals surface area contributed by atoms with Crippen LogP contribution < -0.4 is 10.6 Å². The van der Waals surface area contributed by atoms with E-state index in [9.17, 15) is 9.59 Å². The summed E-state index contributed by atoms with van der Waals surface area (Å²) < 4.78 is 0.969. The number of hydrogen-bond donors (Lipinski definition) is 3. The molecule has 2 amide bonds. The number of halogens is 1. The number of nitrogens with one attached hydrogen (secondary N) is 2. The first-order valence-electron chi connectivity index (χ1n) is 5.61. The van der Waals surface area contributed by atoms with Gasteiger partial charge in [0.25, 0.3) is 0 Å². The molecule has 98 valence electrons. The summed E-state index contributed by atoms with van der Waals surface area (Å²) >= 11 is 2.14. The minimum atomic E-state index is -0.807. The standard InChI is InChI=1S/C12H15IN2O3/c13-9-5-1-2-6-10(9)15-12(18)14-8-4-3-7-11(16)17/h1-2,5-6H,3-4,7-8H2,(H,16,17)(H2,14,15,18). The van der Waals surface area contributed by atoms with Crippen LogP contribution in [0.25, 0.3) is 0 Å². The predicted octanol–water partition coefficient (Wildman–Crippen LogP) is 2.67. The molecular weight excluding hydrogens is 347 g/mol. The van der Waals surface area contributed by atoms with Crippen LogP contribution in [0.2, 0.25) is 0 Å². The van der Waals surface area contributed by atoms with E-state index in [-0.39, 0.29) is 12.5 Å². The van der Waals surface area contributed by atoms with Gasteiger partial charge in [-0.05, 0) is 47.6 Å². The van der Waals surface area contributed by atoms with Crippen molar-refractivity contribution < 1.29 is 14.7 Å². The largest absolute Gasteiger partial charge is 0.481 e. The van der Waals surface area contributed by atoms with Crippen LogP contribution in [0.3, 0.4) is 0 Å². The molecule has 1 aromatic carbocycles. The van der Waals surface area contributed by atoms with E-state index >= 15 is 0 Å². The average molecular weight is 362 g/mol. The number of carbonyl (C=O) groups is 2. The van der Waals surface area contributed by atoms with E-state index in [1.165, 1.54) is 0 Å². The molecule has 6 heteroatoms. The Balaban J connectivity index is 2.22. The highest BCUT2D eigenvalue weighted by Gasteiger charge is 2.03. The molecule has 0 radical (unpaired) electrons. The molecule has 0 aromatic heterocycles. The Hall–Kier alpha value is -1.31. The summed E-state index contributed by atoms with van der Waals surface area (Å²) in [5, 5.41) is 13.9. The SMILES string of the molecule is O=C(O)CCCCNC(=O)Nc1ccccc1I. The summed E-state index contributed by atoms with van der Waals surface area (Å²) in [5.74, 6) is -0.807.